The van der Waals surface area contributed by atoms with Gasteiger partial charge in [-0.15, -0.1) is 11.8 Å². The summed E-state index contributed by atoms with van der Waals surface area (Å²) in [6, 6.07) is 30.4. The molecule has 0 amide bonds. The molecule has 0 atom stereocenters. The van der Waals surface area contributed by atoms with E-state index in [4.69, 9.17) is 148 Å². The van der Waals surface area contributed by atoms with Gasteiger partial charge < -0.3 is 80.5 Å². The fourth-order valence-corrected chi connectivity index (χ4v) is 14.7. The van der Waals surface area contributed by atoms with E-state index in [0.29, 0.717) is 190 Å². The van der Waals surface area contributed by atoms with Gasteiger partial charge in [-0.25, -0.2) is 24.6 Å². The normalized spacial score (nSPS) is 12.2. The molecule has 0 spiro atoms. The number of hydrogen-bond donors (Lipinski definition) is 0. The van der Waals surface area contributed by atoms with E-state index >= 15 is 0 Å². The van der Waals surface area contributed by atoms with E-state index in [1.165, 1.54) is 0 Å². The van der Waals surface area contributed by atoms with Crippen molar-refractivity contribution in [3.63, 3.8) is 0 Å². The molecule has 1 aliphatic heterocycles. The quantitative estimate of drug-likeness (QED) is 0.0255. The number of benzene rings is 5. The maximum atomic E-state index is 6.70. The average molecular weight is 1870 g/mol. The monoisotopic (exact) mass is 1870 g/mol. The molecule has 1 saturated heterocycles. The van der Waals surface area contributed by atoms with E-state index in [2.05, 4.69) is 66.5 Å². The molecule has 127 heavy (non-hydrogen) atoms. The second-order valence-electron chi connectivity index (χ2n) is 31.5. The molecule has 7 heterocycles. The van der Waals surface area contributed by atoms with Crippen molar-refractivity contribution in [2.45, 2.75) is 173 Å². The number of hydrogen-bond acceptors (Lipinski definition) is 25. The Morgan fingerprint density at radius 2 is 0.717 bits per heavy atom. The van der Waals surface area contributed by atoms with Crippen LogP contribution in [0, 0.1) is 11.8 Å². The lowest BCUT2D eigenvalue weighted by Gasteiger charge is -2.26. The SMILES string of the molecule is CC(C)Cc1cc(OC(C)C)c2ccc(OCCN3CCOCC3)c(Cl)c2n1.CCCOc1ccc2c(OC(C)C)cc(SCC)nc2c1Cl.CCOc1cc(OC(C)C)c2ccc(OCCOC)c(Cl)c2n1.COCCOc1cc(OC(C)C)c2ccc(OCCOC)c(Cl)c2n1.COCCOc1ccc2c(OC(C)C)cc(-n3ccc(CC(C)C)n3)nc2c1Cl. The molecule has 12 rings (SSSR count). The first kappa shape index (κ1) is 104. The summed E-state index contributed by atoms with van der Waals surface area (Å²) in [6.45, 7) is 44.3. The third-order valence-electron chi connectivity index (χ3n) is 18.1. The molecule has 694 valence electrons. The highest BCUT2D eigenvalue weighted by Crippen LogP contribution is 2.44. The zero-order chi connectivity index (χ0) is 92.2. The highest BCUT2D eigenvalue weighted by Gasteiger charge is 2.24. The van der Waals surface area contributed by atoms with E-state index in [1.54, 1.807) is 63.1 Å². The lowest BCUT2D eigenvalue weighted by molar-refractivity contribution is 0.0322. The van der Waals surface area contributed by atoms with E-state index in [9.17, 15) is 0 Å². The largest absolute Gasteiger partial charge is 0.492 e. The van der Waals surface area contributed by atoms with Gasteiger partial charge in [0.1, 0.15) is 132 Å². The molecule has 1 fully saturated rings. The van der Waals surface area contributed by atoms with Crippen LogP contribution in [0.4, 0.5) is 0 Å². The van der Waals surface area contributed by atoms with Gasteiger partial charge in [0.15, 0.2) is 5.82 Å². The Labute approximate surface area is 778 Å². The van der Waals surface area contributed by atoms with E-state index in [1.807, 2.05) is 161 Å². The van der Waals surface area contributed by atoms with Gasteiger partial charge in [0, 0.05) is 117 Å². The van der Waals surface area contributed by atoms with Crippen molar-refractivity contribution in [3.8, 4) is 75.1 Å². The predicted octanol–water partition coefficient (Wildman–Crippen LogP) is 23.1. The number of rotatable bonds is 42. The summed E-state index contributed by atoms with van der Waals surface area (Å²) in [7, 11) is 6.49. The van der Waals surface area contributed by atoms with Gasteiger partial charge in [-0.1, -0.05) is 99.5 Å². The van der Waals surface area contributed by atoms with Crippen molar-refractivity contribution in [2.75, 3.05) is 140 Å². The summed E-state index contributed by atoms with van der Waals surface area (Å²) in [4.78, 5) is 25.6. The molecular formula is C96H127Cl5N8O17S. The van der Waals surface area contributed by atoms with Gasteiger partial charge in [0.25, 0.3) is 0 Å². The Bertz CT molecular complexity index is 5240. The number of ether oxygens (including phenoxy) is 17. The highest BCUT2D eigenvalue weighted by molar-refractivity contribution is 7.99. The summed E-state index contributed by atoms with van der Waals surface area (Å²) in [5.74, 6) is 10.3. The first-order valence-electron chi connectivity index (χ1n) is 43.3. The maximum absolute atomic E-state index is 6.70. The van der Waals surface area contributed by atoms with Crippen LogP contribution in [0.25, 0.3) is 60.3 Å². The third-order valence-corrected chi connectivity index (χ3v) is 20.7. The number of morpholine rings is 1. The minimum atomic E-state index is 0.00818. The number of halogens is 5. The second kappa shape index (κ2) is 53.6. The Balaban J connectivity index is 0.000000197. The first-order valence-corrected chi connectivity index (χ1v) is 46.2. The maximum Gasteiger partial charge on any atom is 0.217 e. The molecule has 0 N–H and O–H groups in total. The van der Waals surface area contributed by atoms with Gasteiger partial charge in [-0.3, -0.25) is 9.88 Å². The number of nitrogens with zero attached hydrogens (tertiary/aromatic N) is 8. The van der Waals surface area contributed by atoms with Gasteiger partial charge in [-0.2, -0.15) is 5.10 Å². The summed E-state index contributed by atoms with van der Waals surface area (Å²) in [6.07, 6.45) is 4.88. The van der Waals surface area contributed by atoms with Crippen molar-refractivity contribution in [1.29, 1.82) is 0 Å². The van der Waals surface area contributed by atoms with Crippen LogP contribution in [0.2, 0.25) is 25.1 Å². The molecule has 0 unspecified atom stereocenters. The second-order valence-corrected chi connectivity index (χ2v) is 34.7. The third kappa shape index (κ3) is 32.0. The fraction of sp³-hybridized carbons (Fsp3) is 0.500. The standard InChI is InChI=1S/C22H28ClN3O3.C22H31ClN2O3.C18H24ClNO5.C17H22ClNO4.C17H22ClNO2S/c1-14(2)12-16-8-9-26(25-16)20-13-19(29-15(3)4)17-6-7-18(28-11-10-27-5)21(23)22(17)24-20;1-15(2)13-17-14-20(28-16(3)4)18-5-6-19(21(23)22(18)24-17)27-12-9-25-7-10-26-11-8-25;1-12(2)25-15-11-16(24-10-8-22-4)20-18-13(15)5-6-14(17(18)19)23-9-7-21-3;1-5-21-15-10-14(23-11(2)3)12-6-7-13(22-9-8-20-4)16(18)17(12)19-15;1-5-9-20-13-8-7-12-14(21-11(3)4)10-15(22-6-2)19-17(12)16(13)18/h6-9,13-15H,10-12H2,1-5H3;5-6,14-16H,7-13H2,1-4H3;5-6,11-12H,7-10H2,1-4H3;6-7,10-11H,5,8-9H2,1-4H3;7-8,10-11H,5-6,9H2,1-4H3. The van der Waals surface area contributed by atoms with Crippen LogP contribution in [-0.2, 0) is 36.5 Å². The minimum absolute atomic E-state index is 0.00818. The predicted molar refractivity (Wildman–Crippen MR) is 512 cm³/mol. The van der Waals surface area contributed by atoms with Crippen molar-refractivity contribution < 1.29 is 80.5 Å². The topological polar surface area (TPSA) is 242 Å². The van der Waals surface area contributed by atoms with Crippen LogP contribution in [0.5, 0.6) is 69.3 Å². The van der Waals surface area contributed by atoms with Gasteiger partial charge in [-0.05, 0) is 180 Å². The molecule has 6 aromatic heterocycles. The summed E-state index contributed by atoms with van der Waals surface area (Å²) in [5, 5.41) is 12.3. The number of pyridine rings is 5. The lowest BCUT2D eigenvalue weighted by atomic mass is 10.1. The molecular weight excluding hydrogens is 1750 g/mol. The van der Waals surface area contributed by atoms with E-state index in [0.717, 1.165) is 124 Å². The molecule has 1 aliphatic rings. The zero-order valence-electron chi connectivity index (χ0n) is 77.3. The zero-order valence-corrected chi connectivity index (χ0v) is 81.9. The van der Waals surface area contributed by atoms with Crippen LogP contribution in [0.15, 0.2) is 108 Å². The van der Waals surface area contributed by atoms with Crippen LogP contribution in [-0.4, -0.2) is 210 Å². The van der Waals surface area contributed by atoms with Gasteiger partial charge in [0.2, 0.25) is 11.8 Å². The minimum Gasteiger partial charge on any atom is -0.492 e. The molecule has 25 nitrogen and oxygen atoms in total. The van der Waals surface area contributed by atoms with Crippen molar-refractivity contribution in [2.24, 2.45) is 11.8 Å². The fourth-order valence-electron chi connectivity index (χ4n) is 12.8. The Hall–Kier alpha value is -8.48. The number of thioether (sulfide) groups is 1. The molecule has 31 heteroatoms. The molecule has 0 aliphatic carbocycles. The van der Waals surface area contributed by atoms with Crippen LogP contribution < -0.4 is 56.8 Å². The summed E-state index contributed by atoms with van der Waals surface area (Å²) in [5.41, 5.74) is 5.30. The number of aromatic nitrogens is 7. The lowest BCUT2D eigenvalue weighted by Crippen LogP contribution is -2.38. The average Bonchev–Trinajstić information content (AvgIpc) is 1.77. The Morgan fingerprint density at radius 1 is 0.362 bits per heavy atom. The number of fused-ring (bicyclic) bond motifs is 5. The first-order chi connectivity index (χ1) is 61.0. The van der Waals surface area contributed by atoms with Crippen molar-refractivity contribution in [1.82, 2.24) is 39.6 Å². The van der Waals surface area contributed by atoms with Crippen LogP contribution >= 0.6 is 69.8 Å². The molecule has 0 bridgehead atoms. The van der Waals surface area contributed by atoms with Crippen LogP contribution in [0.1, 0.15) is 136 Å². The van der Waals surface area contributed by atoms with Crippen LogP contribution in [0.3, 0.4) is 0 Å². The van der Waals surface area contributed by atoms with Gasteiger partial charge in [0.05, 0.1) is 106 Å². The van der Waals surface area contributed by atoms with E-state index in [-0.39, 0.29) is 30.5 Å². The molecule has 0 radical (unpaired) electrons. The molecule has 0 saturated carbocycles. The Kier molecular flexibility index (Phi) is 43.9. The molecule has 11 aromatic rings. The van der Waals surface area contributed by atoms with Gasteiger partial charge >= 0.3 is 0 Å². The smallest absolute Gasteiger partial charge is 0.217 e. The van der Waals surface area contributed by atoms with E-state index < -0.39 is 0 Å². The Morgan fingerprint density at radius 3 is 1.11 bits per heavy atom. The van der Waals surface area contributed by atoms with Crippen molar-refractivity contribution in [3.05, 3.63) is 140 Å². The van der Waals surface area contributed by atoms with Crippen molar-refractivity contribution >= 4 is 124 Å². The molecule has 5 aromatic carbocycles. The summed E-state index contributed by atoms with van der Waals surface area (Å²) >= 11 is 34.5. The number of methoxy groups -OCH3 is 4. The highest BCUT2D eigenvalue weighted by atomic mass is 35.5. The summed E-state index contributed by atoms with van der Waals surface area (Å²) < 4.78 is 96.8.